The van der Waals surface area contributed by atoms with Crippen molar-refractivity contribution in [1.82, 2.24) is 0 Å². The number of nitrogen functional groups attached to an aromatic ring is 1. The Bertz CT molecular complexity index is 782. The van der Waals surface area contributed by atoms with Gasteiger partial charge < -0.3 is 16.0 Å². The molecule has 0 aliphatic heterocycles. The van der Waals surface area contributed by atoms with Gasteiger partial charge in [-0.1, -0.05) is 18.1 Å². The third-order valence-corrected chi connectivity index (χ3v) is 3.38. The minimum absolute atomic E-state index is 0.146. The molecule has 0 saturated heterocycles. The monoisotopic (exact) mass is 329 g/mol. The van der Waals surface area contributed by atoms with Crippen LogP contribution in [0.15, 0.2) is 36.4 Å². The molecule has 0 atom stereocenters. The molecule has 24 heavy (non-hydrogen) atoms. The molecule has 1 amide bonds. The Morgan fingerprint density at radius 2 is 1.92 bits per heavy atom. The Morgan fingerprint density at radius 1 is 1.25 bits per heavy atom. The quantitative estimate of drug-likeness (QED) is 0.654. The van der Waals surface area contributed by atoms with E-state index in [0.29, 0.717) is 6.54 Å². The molecular formula is C18H17F2N3O. The summed E-state index contributed by atoms with van der Waals surface area (Å²) in [5.41, 5.74) is 6.78. The van der Waals surface area contributed by atoms with Crippen LogP contribution >= 0.6 is 0 Å². The molecule has 0 radical (unpaired) electrons. The van der Waals surface area contributed by atoms with E-state index in [-0.39, 0.29) is 35.3 Å². The first-order chi connectivity index (χ1) is 11.4. The lowest BCUT2D eigenvalue weighted by atomic mass is 10.1. The maximum atomic E-state index is 14.6. The predicted molar refractivity (Wildman–Crippen MR) is 91.4 cm³/mol. The third-order valence-electron chi connectivity index (χ3n) is 3.38. The maximum Gasteiger partial charge on any atom is 0.221 e. The van der Waals surface area contributed by atoms with Crippen molar-refractivity contribution in [3.05, 3.63) is 53.6 Å². The van der Waals surface area contributed by atoms with E-state index in [1.807, 2.05) is 0 Å². The molecule has 4 nitrogen and oxygen atoms in total. The molecule has 6 heteroatoms. The molecule has 0 aliphatic carbocycles. The fraction of sp³-hybridized carbons (Fsp3) is 0.167. The molecule has 0 heterocycles. The maximum absolute atomic E-state index is 14.6. The van der Waals surface area contributed by atoms with Crippen molar-refractivity contribution in [2.75, 3.05) is 22.5 Å². The van der Waals surface area contributed by atoms with E-state index >= 15 is 0 Å². The molecule has 0 spiro atoms. The first-order valence-corrected chi connectivity index (χ1v) is 7.20. The van der Waals surface area contributed by atoms with E-state index in [0.717, 1.165) is 5.56 Å². The minimum Gasteiger partial charge on any atom is -0.395 e. The number of hydrogen-bond donors (Lipinski definition) is 2. The van der Waals surface area contributed by atoms with Crippen LogP contribution < -0.4 is 16.0 Å². The topological polar surface area (TPSA) is 58.4 Å². The first-order valence-electron chi connectivity index (χ1n) is 7.20. The van der Waals surface area contributed by atoms with E-state index in [1.54, 1.807) is 17.0 Å². The van der Waals surface area contributed by atoms with E-state index in [1.165, 1.54) is 31.2 Å². The number of nitrogens with one attached hydrogen (secondary N) is 1. The summed E-state index contributed by atoms with van der Waals surface area (Å²) in [6, 6.07) is 8.88. The summed E-state index contributed by atoms with van der Waals surface area (Å²) >= 11 is 0. The summed E-state index contributed by atoms with van der Waals surface area (Å²) in [4.78, 5) is 12.7. The van der Waals surface area contributed by atoms with Gasteiger partial charge in [0.2, 0.25) is 5.91 Å². The average molecular weight is 329 g/mol. The highest BCUT2D eigenvalue weighted by atomic mass is 19.1. The molecule has 0 bridgehead atoms. The third kappa shape index (κ3) is 4.02. The highest BCUT2D eigenvalue weighted by Crippen LogP contribution is 2.31. The van der Waals surface area contributed by atoms with Crippen molar-refractivity contribution in [3.63, 3.8) is 0 Å². The Morgan fingerprint density at radius 3 is 2.50 bits per heavy atom. The van der Waals surface area contributed by atoms with Crippen LogP contribution in [0.3, 0.4) is 0 Å². The van der Waals surface area contributed by atoms with Gasteiger partial charge in [-0.3, -0.25) is 4.79 Å². The van der Waals surface area contributed by atoms with Gasteiger partial charge in [0.05, 0.1) is 23.6 Å². The molecule has 0 aliphatic rings. The number of benzene rings is 2. The summed E-state index contributed by atoms with van der Waals surface area (Å²) in [5, 5.41) is 2.46. The zero-order valence-electron chi connectivity index (χ0n) is 13.1. The van der Waals surface area contributed by atoms with E-state index in [9.17, 15) is 13.6 Å². The minimum atomic E-state index is -0.668. The zero-order valence-corrected chi connectivity index (χ0v) is 13.1. The van der Waals surface area contributed by atoms with Gasteiger partial charge in [0.1, 0.15) is 5.82 Å². The Labute approximate surface area is 139 Å². The molecule has 0 unspecified atom stereocenters. The van der Waals surface area contributed by atoms with Crippen LogP contribution in [-0.2, 0) is 11.3 Å². The largest absolute Gasteiger partial charge is 0.395 e. The molecule has 0 saturated carbocycles. The smallest absolute Gasteiger partial charge is 0.221 e. The summed E-state index contributed by atoms with van der Waals surface area (Å²) in [7, 11) is 0. The van der Waals surface area contributed by atoms with Gasteiger partial charge in [-0.25, -0.2) is 8.78 Å². The number of carbonyl (C=O) groups is 1. The van der Waals surface area contributed by atoms with Gasteiger partial charge in [0.25, 0.3) is 0 Å². The number of amides is 1. The van der Waals surface area contributed by atoms with Gasteiger partial charge in [-0.15, -0.1) is 6.42 Å². The molecule has 3 N–H and O–H groups in total. The lowest BCUT2D eigenvalue weighted by molar-refractivity contribution is -0.114. The fourth-order valence-electron chi connectivity index (χ4n) is 2.27. The zero-order chi connectivity index (χ0) is 17.7. The standard InChI is InChI=1S/C18H17F2N3O/c1-3-10-23(11-13-4-6-14(19)7-5-13)16-9-8-15(22-12(2)24)18(21)17(16)20/h1,4-9H,10-11,21H2,2H3,(H,22,24). The van der Waals surface area contributed by atoms with Crippen LogP contribution in [0.25, 0.3) is 0 Å². The van der Waals surface area contributed by atoms with Gasteiger partial charge in [-0.05, 0) is 29.8 Å². The number of anilines is 3. The number of rotatable bonds is 5. The van der Waals surface area contributed by atoms with Crippen LogP contribution in [0.2, 0.25) is 0 Å². The van der Waals surface area contributed by atoms with Crippen molar-refractivity contribution < 1.29 is 13.6 Å². The number of halogens is 2. The lowest BCUT2D eigenvalue weighted by Gasteiger charge is -2.24. The van der Waals surface area contributed by atoms with Gasteiger partial charge in [0, 0.05) is 13.5 Å². The molecule has 0 aromatic heterocycles. The summed E-state index contributed by atoms with van der Waals surface area (Å²) in [5.74, 6) is 1.10. The highest BCUT2D eigenvalue weighted by Gasteiger charge is 2.17. The van der Waals surface area contributed by atoms with Crippen LogP contribution in [0.4, 0.5) is 25.8 Å². The fourth-order valence-corrected chi connectivity index (χ4v) is 2.27. The first kappa shape index (κ1) is 17.3. The van der Waals surface area contributed by atoms with Crippen LogP contribution in [0.1, 0.15) is 12.5 Å². The van der Waals surface area contributed by atoms with Crippen molar-refractivity contribution in [2.45, 2.75) is 13.5 Å². The predicted octanol–water partition coefficient (Wildman–Crippen LogP) is 3.15. The number of nitrogens with two attached hydrogens (primary N) is 1. The second-order valence-electron chi connectivity index (χ2n) is 5.23. The number of carbonyl (C=O) groups excluding carboxylic acids is 1. The second kappa shape index (κ2) is 7.47. The molecular weight excluding hydrogens is 312 g/mol. The molecule has 2 rings (SSSR count). The average Bonchev–Trinajstić information content (AvgIpc) is 2.53. The van der Waals surface area contributed by atoms with E-state index in [4.69, 9.17) is 12.2 Å². The van der Waals surface area contributed by atoms with Crippen molar-refractivity contribution in [1.29, 1.82) is 0 Å². The van der Waals surface area contributed by atoms with Gasteiger partial charge in [0.15, 0.2) is 5.82 Å². The summed E-state index contributed by atoms with van der Waals surface area (Å²) in [6.07, 6.45) is 5.37. The van der Waals surface area contributed by atoms with Crippen LogP contribution in [-0.4, -0.2) is 12.5 Å². The Kier molecular flexibility index (Phi) is 5.38. The molecule has 2 aromatic carbocycles. The van der Waals surface area contributed by atoms with Crippen molar-refractivity contribution in [3.8, 4) is 12.3 Å². The SMILES string of the molecule is C#CCN(Cc1ccc(F)cc1)c1ccc(NC(C)=O)c(N)c1F. The molecule has 124 valence electrons. The second-order valence-corrected chi connectivity index (χ2v) is 5.23. The van der Waals surface area contributed by atoms with Crippen molar-refractivity contribution >= 4 is 23.0 Å². The summed E-state index contributed by atoms with van der Waals surface area (Å²) < 4.78 is 27.6. The van der Waals surface area contributed by atoms with E-state index < -0.39 is 5.82 Å². The van der Waals surface area contributed by atoms with Gasteiger partial charge in [-0.2, -0.15) is 0 Å². The van der Waals surface area contributed by atoms with Crippen LogP contribution in [0, 0.1) is 24.0 Å². The Hall–Kier alpha value is -3.07. The lowest BCUT2D eigenvalue weighted by Crippen LogP contribution is -2.24. The molecule has 2 aromatic rings. The summed E-state index contributed by atoms with van der Waals surface area (Å²) in [6.45, 7) is 1.75. The number of hydrogen-bond acceptors (Lipinski definition) is 3. The number of nitrogens with zero attached hydrogens (tertiary/aromatic N) is 1. The van der Waals surface area contributed by atoms with Crippen LogP contribution in [0.5, 0.6) is 0 Å². The highest BCUT2D eigenvalue weighted by molar-refractivity contribution is 5.93. The normalized spacial score (nSPS) is 10.1. The van der Waals surface area contributed by atoms with E-state index in [2.05, 4.69) is 11.2 Å². The van der Waals surface area contributed by atoms with Gasteiger partial charge >= 0.3 is 0 Å². The van der Waals surface area contributed by atoms with Crippen molar-refractivity contribution in [2.24, 2.45) is 0 Å². The Balaban J connectivity index is 2.33. The number of terminal acetylenes is 1. The molecule has 0 fully saturated rings.